The highest BCUT2D eigenvalue weighted by atomic mass is 32.2. The van der Waals surface area contributed by atoms with Crippen molar-refractivity contribution in [1.29, 1.82) is 0 Å². The first kappa shape index (κ1) is 12.9. The highest BCUT2D eigenvalue weighted by Gasteiger charge is 2.19. The fourth-order valence-electron chi connectivity index (χ4n) is 1.16. The van der Waals surface area contributed by atoms with E-state index in [2.05, 4.69) is 14.8 Å². The van der Waals surface area contributed by atoms with Crippen molar-refractivity contribution in [3.63, 3.8) is 0 Å². The normalized spacial score (nSPS) is 11.4. The van der Waals surface area contributed by atoms with E-state index in [1.165, 1.54) is 17.1 Å². The third kappa shape index (κ3) is 2.49. The summed E-state index contributed by atoms with van der Waals surface area (Å²) in [6.45, 7) is 0. The van der Waals surface area contributed by atoms with E-state index in [1.807, 2.05) is 0 Å². The molecule has 2 heterocycles. The van der Waals surface area contributed by atoms with E-state index in [1.54, 1.807) is 13.1 Å². The number of rotatable bonds is 4. The Morgan fingerprint density at radius 2 is 2.28 bits per heavy atom. The van der Waals surface area contributed by atoms with Crippen LogP contribution in [0.3, 0.4) is 0 Å². The van der Waals surface area contributed by atoms with E-state index in [4.69, 9.17) is 18.0 Å². The summed E-state index contributed by atoms with van der Waals surface area (Å²) < 4.78 is 27.8. The molecule has 0 amide bonds. The molecular formula is C8H9N5O2S3. The van der Waals surface area contributed by atoms with Crippen molar-refractivity contribution >= 4 is 44.5 Å². The van der Waals surface area contributed by atoms with Gasteiger partial charge in [-0.25, -0.2) is 17.8 Å². The second kappa shape index (κ2) is 4.63. The summed E-state index contributed by atoms with van der Waals surface area (Å²) in [6, 6.07) is 3.01. The zero-order chi connectivity index (χ0) is 13.3. The van der Waals surface area contributed by atoms with Gasteiger partial charge in [0.1, 0.15) is 15.5 Å². The maximum Gasteiger partial charge on any atom is 0.273 e. The van der Waals surface area contributed by atoms with Crippen LogP contribution in [0.1, 0.15) is 4.88 Å². The lowest BCUT2D eigenvalue weighted by Gasteiger charge is -2.04. The lowest BCUT2D eigenvalue weighted by Crippen LogP contribution is -2.15. The molecule has 0 bridgehead atoms. The SMILES string of the molecule is Cn1ncnc1NS(=O)(=O)c1ccc(C(N)=S)s1. The van der Waals surface area contributed by atoms with Crippen molar-refractivity contribution in [2.45, 2.75) is 4.21 Å². The number of aromatic nitrogens is 3. The quantitative estimate of drug-likeness (QED) is 0.788. The molecular weight excluding hydrogens is 294 g/mol. The first-order chi connectivity index (χ1) is 8.40. The summed E-state index contributed by atoms with van der Waals surface area (Å²) in [5, 5.41) is 3.77. The van der Waals surface area contributed by atoms with Crippen LogP contribution in [-0.2, 0) is 17.1 Å². The molecule has 10 heteroatoms. The molecule has 2 aromatic heterocycles. The van der Waals surface area contributed by atoms with Gasteiger partial charge in [-0.1, -0.05) is 12.2 Å². The van der Waals surface area contributed by atoms with Crippen molar-refractivity contribution in [2.75, 3.05) is 4.72 Å². The molecule has 0 aliphatic heterocycles. The summed E-state index contributed by atoms with van der Waals surface area (Å²) in [6.07, 6.45) is 1.26. The van der Waals surface area contributed by atoms with Gasteiger partial charge in [0.15, 0.2) is 0 Å². The van der Waals surface area contributed by atoms with Crippen LogP contribution in [0.4, 0.5) is 5.95 Å². The van der Waals surface area contributed by atoms with Crippen LogP contribution in [-0.4, -0.2) is 28.2 Å². The second-order valence-corrected chi connectivity index (χ2v) is 6.73. The molecule has 0 spiro atoms. The summed E-state index contributed by atoms with van der Waals surface area (Å²) in [5.74, 6) is 0.139. The molecule has 0 saturated carbocycles. The number of hydrogen-bond donors (Lipinski definition) is 2. The smallest absolute Gasteiger partial charge is 0.273 e. The Kier molecular flexibility index (Phi) is 3.32. The lowest BCUT2D eigenvalue weighted by molar-refractivity contribution is 0.602. The van der Waals surface area contributed by atoms with Crippen molar-refractivity contribution in [2.24, 2.45) is 12.8 Å². The summed E-state index contributed by atoms with van der Waals surface area (Å²) >= 11 is 5.78. The van der Waals surface area contributed by atoms with E-state index < -0.39 is 10.0 Å². The molecule has 7 nitrogen and oxygen atoms in total. The van der Waals surface area contributed by atoms with Gasteiger partial charge in [0, 0.05) is 7.05 Å². The average Bonchev–Trinajstić information content (AvgIpc) is 2.88. The number of thiophene rings is 1. The number of hydrogen-bond acceptors (Lipinski definition) is 6. The van der Waals surface area contributed by atoms with E-state index in [9.17, 15) is 8.42 Å². The van der Waals surface area contributed by atoms with Crippen LogP contribution in [0.2, 0.25) is 0 Å². The number of nitrogens with zero attached hydrogens (tertiary/aromatic N) is 3. The molecule has 18 heavy (non-hydrogen) atoms. The van der Waals surface area contributed by atoms with Crippen molar-refractivity contribution in [3.8, 4) is 0 Å². The minimum atomic E-state index is -3.69. The van der Waals surface area contributed by atoms with Gasteiger partial charge >= 0.3 is 0 Å². The Morgan fingerprint density at radius 3 is 2.78 bits per heavy atom. The highest BCUT2D eigenvalue weighted by Crippen LogP contribution is 2.23. The Morgan fingerprint density at radius 1 is 1.56 bits per heavy atom. The second-order valence-electron chi connectivity index (χ2n) is 3.30. The van der Waals surface area contributed by atoms with Crippen LogP contribution in [0, 0.1) is 0 Å². The molecule has 2 aromatic rings. The Bertz CT molecular complexity index is 687. The van der Waals surface area contributed by atoms with Crippen molar-refractivity contribution < 1.29 is 8.42 Å². The molecule has 0 unspecified atom stereocenters. The third-order valence-electron chi connectivity index (χ3n) is 2.03. The number of thiocarbonyl (C=S) groups is 1. The molecule has 0 aliphatic carbocycles. The topological polar surface area (TPSA) is 103 Å². The molecule has 0 atom stereocenters. The first-order valence-electron chi connectivity index (χ1n) is 4.66. The Hall–Kier alpha value is -1.52. The maximum absolute atomic E-state index is 12.0. The zero-order valence-corrected chi connectivity index (χ0v) is 11.6. The molecule has 0 saturated heterocycles. The number of anilines is 1. The molecule has 0 fully saturated rings. The number of nitrogens with two attached hydrogens (primary N) is 1. The van der Waals surface area contributed by atoms with Gasteiger partial charge in [-0.2, -0.15) is 10.1 Å². The van der Waals surface area contributed by atoms with Gasteiger partial charge in [-0.3, -0.25) is 0 Å². The molecule has 3 N–H and O–H groups in total. The van der Waals surface area contributed by atoms with Gasteiger partial charge in [0.2, 0.25) is 5.95 Å². The van der Waals surface area contributed by atoms with Gasteiger partial charge < -0.3 is 5.73 Å². The van der Waals surface area contributed by atoms with E-state index in [0.717, 1.165) is 11.3 Å². The third-order valence-corrected chi connectivity index (χ3v) is 5.31. The fourth-order valence-corrected chi connectivity index (χ4v) is 3.54. The van der Waals surface area contributed by atoms with Crippen LogP contribution < -0.4 is 10.5 Å². The Labute approximate surface area is 113 Å². The van der Waals surface area contributed by atoms with E-state index in [0.29, 0.717) is 4.88 Å². The monoisotopic (exact) mass is 303 g/mol. The van der Waals surface area contributed by atoms with Crippen LogP contribution >= 0.6 is 23.6 Å². The standard InChI is InChI=1S/C8H9N5O2S3/c1-13-8(10-4-11-13)12-18(14,15)6-3-2-5(17-6)7(9)16/h2-4H,1H3,(H2,9,16)(H,10,11,12). The van der Waals surface area contributed by atoms with Gasteiger partial charge in [-0.15, -0.1) is 11.3 Å². The largest absolute Gasteiger partial charge is 0.389 e. The van der Waals surface area contributed by atoms with Crippen molar-refractivity contribution in [1.82, 2.24) is 14.8 Å². The first-order valence-corrected chi connectivity index (χ1v) is 7.37. The molecule has 0 radical (unpaired) electrons. The number of nitrogens with one attached hydrogen (secondary N) is 1. The summed E-state index contributed by atoms with van der Waals surface area (Å²) in [5.41, 5.74) is 5.43. The van der Waals surface area contributed by atoms with Crippen LogP contribution in [0.15, 0.2) is 22.7 Å². The minimum absolute atomic E-state index is 0.119. The summed E-state index contributed by atoms with van der Waals surface area (Å²) in [7, 11) is -2.11. The fraction of sp³-hybridized carbons (Fsp3) is 0.125. The molecule has 2 rings (SSSR count). The molecule has 0 aliphatic rings. The highest BCUT2D eigenvalue weighted by molar-refractivity contribution is 7.94. The Balaban J connectivity index is 2.31. The number of aryl methyl sites for hydroxylation is 1. The molecule has 0 aromatic carbocycles. The number of sulfonamides is 1. The van der Waals surface area contributed by atoms with E-state index >= 15 is 0 Å². The summed E-state index contributed by atoms with van der Waals surface area (Å²) in [4.78, 5) is 4.50. The van der Waals surface area contributed by atoms with E-state index in [-0.39, 0.29) is 15.1 Å². The van der Waals surface area contributed by atoms with Crippen molar-refractivity contribution in [3.05, 3.63) is 23.3 Å². The maximum atomic E-state index is 12.0. The van der Waals surface area contributed by atoms with Gasteiger partial charge in [-0.05, 0) is 12.1 Å². The predicted molar refractivity (Wildman–Crippen MR) is 72.0 cm³/mol. The average molecular weight is 303 g/mol. The minimum Gasteiger partial charge on any atom is -0.389 e. The molecule has 96 valence electrons. The lowest BCUT2D eigenvalue weighted by atomic mass is 10.5. The van der Waals surface area contributed by atoms with Gasteiger partial charge in [0.25, 0.3) is 10.0 Å². The van der Waals surface area contributed by atoms with Gasteiger partial charge in [0.05, 0.1) is 4.88 Å². The van der Waals surface area contributed by atoms with Crippen LogP contribution in [0.5, 0.6) is 0 Å². The van der Waals surface area contributed by atoms with Crippen LogP contribution in [0.25, 0.3) is 0 Å². The predicted octanol–water partition coefficient (Wildman–Crippen LogP) is 0.312. The zero-order valence-electron chi connectivity index (χ0n) is 9.19.